The molecule has 1 aromatic rings. The minimum absolute atomic E-state index is 0.138. The Morgan fingerprint density at radius 3 is 2.53 bits per heavy atom. The van der Waals surface area contributed by atoms with Gasteiger partial charge in [-0.3, -0.25) is 0 Å². The Kier molecular flexibility index (Phi) is 3.84. The monoisotopic (exact) mass is 230 g/mol. The number of hydrogen-bond donors (Lipinski definition) is 3. The molecular formula is C8H14N4O2S. The lowest BCUT2D eigenvalue weighted by Crippen LogP contribution is -2.30. The largest absolute Gasteiger partial charge is 0.465 e. The van der Waals surface area contributed by atoms with Crippen molar-refractivity contribution in [1.82, 2.24) is 15.5 Å². The van der Waals surface area contributed by atoms with Crippen molar-refractivity contribution in [2.75, 3.05) is 12.4 Å². The highest BCUT2D eigenvalue weighted by molar-refractivity contribution is 7.15. The van der Waals surface area contributed by atoms with Crippen molar-refractivity contribution >= 4 is 22.6 Å². The number of carboxylic acid groups (broad SMARTS) is 1. The van der Waals surface area contributed by atoms with Crippen LogP contribution in [-0.4, -0.2) is 28.4 Å². The van der Waals surface area contributed by atoms with Crippen molar-refractivity contribution in [3.8, 4) is 0 Å². The van der Waals surface area contributed by atoms with Gasteiger partial charge in [0.25, 0.3) is 0 Å². The third-order valence-electron chi connectivity index (χ3n) is 1.87. The molecule has 0 aliphatic heterocycles. The molecule has 7 heteroatoms. The van der Waals surface area contributed by atoms with Crippen LogP contribution in [0.1, 0.15) is 24.9 Å². The second kappa shape index (κ2) is 4.92. The van der Waals surface area contributed by atoms with Gasteiger partial charge in [0.1, 0.15) is 5.01 Å². The summed E-state index contributed by atoms with van der Waals surface area (Å²) in [5, 5.41) is 23.2. The van der Waals surface area contributed by atoms with Crippen LogP contribution in [0.5, 0.6) is 0 Å². The first-order valence-corrected chi connectivity index (χ1v) is 5.37. The van der Waals surface area contributed by atoms with Gasteiger partial charge >= 0.3 is 6.09 Å². The molecule has 0 bridgehead atoms. The second-order valence-electron chi connectivity index (χ2n) is 3.37. The number of nitrogens with one attached hydrogen (secondary N) is 2. The van der Waals surface area contributed by atoms with Gasteiger partial charge in [-0.25, -0.2) is 4.79 Å². The summed E-state index contributed by atoms with van der Waals surface area (Å²) < 4.78 is 0. The van der Waals surface area contributed by atoms with Crippen molar-refractivity contribution in [3.05, 3.63) is 5.01 Å². The predicted molar refractivity (Wildman–Crippen MR) is 58.2 cm³/mol. The number of nitrogens with zero attached hydrogens (tertiary/aromatic N) is 2. The average Bonchev–Trinajstić information content (AvgIpc) is 2.61. The highest BCUT2D eigenvalue weighted by atomic mass is 32.1. The third-order valence-corrected chi connectivity index (χ3v) is 2.89. The van der Waals surface area contributed by atoms with E-state index < -0.39 is 6.09 Å². The number of hydrogen-bond acceptors (Lipinski definition) is 5. The van der Waals surface area contributed by atoms with Crippen molar-refractivity contribution in [1.29, 1.82) is 0 Å². The number of rotatable bonds is 4. The van der Waals surface area contributed by atoms with Crippen molar-refractivity contribution in [2.24, 2.45) is 5.92 Å². The number of aromatic nitrogens is 2. The molecule has 0 saturated heterocycles. The summed E-state index contributed by atoms with van der Waals surface area (Å²) in [4.78, 5) is 10.6. The van der Waals surface area contributed by atoms with E-state index in [2.05, 4.69) is 20.8 Å². The van der Waals surface area contributed by atoms with Gasteiger partial charge in [0.15, 0.2) is 0 Å². The minimum atomic E-state index is -1.05. The van der Waals surface area contributed by atoms with Crippen LogP contribution in [0.25, 0.3) is 0 Å². The van der Waals surface area contributed by atoms with E-state index in [4.69, 9.17) is 5.11 Å². The van der Waals surface area contributed by atoms with Gasteiger partial charge in [-0.15, -0.1) is 10.2 Å². The average molecular weight is 230 g/mol. The first kappa shape index (κ1) is 11.7. The lowest BCUT2D eigenvalue weighted by molar-refractivity contribution is 0.186. The molecule has 84 valence electrons. The molecule has 1 amide bonds. The molecule has 0 aliphatic carbocycles. The van der Waals surface area contributed by atoms with Gasteiger partial charge in [0.05, 0.1) is 6.04 Å². The first-order valence-electron chi connectivity index (χ1n) is 4.55. The molecule has 1 unspecified atom stereocenters. The SMILES string of the molecule is CNc1nnc(C(NC(=O)O)C(C)C)s1. The number of anilines is 1. The zero-order chi connectivity index (χ0) is 11.4. The smallest absolute Gasteiger partial charge is 0.405 e. The van der Waals surface area contributed by atoms with Gasteiger partial charge in [-0.1, -0.05) is 25.2 Å². The van der Waals surface area contributed by atoms with Gasteiger partial charge in [-0.2, -0.15) is 0 Å². The van der Waals surface area contributed by atoms with E-state index in [-0.39, 0.29) is 12.0 Å². The molecule has 1 aromatic heterocycles. The normalized spacial score (nSPS) is 12.5. The lowest BCUT2D eigenvalue weighted by Gasteiger charge is -2.17. The lowest BCUT2D eigenvalue weighted by atomic mass is 10.1. The maximum atomic E-state index is 10.6. The van der Waals surface area contributed by atoms with Gasteiger partial charge in [0.2, 0.25) is 5.13 Å². The summed E-state index contributed by atoms with van der Waals surface area (Å²) in [7, 11) is 1.75. The molecule has 1 heterocycles. The maximum absolute atomic E-state index is 10.6. The summed E-state index contributed by atoms with van der Waals surface area (Å²) in [6.45, 7) is 3.86. The van der Waals surface area contributed by atoms with Crippen LogP contribution >= 0.6 is 11.3 Å². The fourth-order valence-corrected chi connectivity index (χ4v) is 2.03. The fraction of sp³-hybridized carbons (Fsp3) is 0.625. The summed E-state index contributed by atoms with van der Waals surface area (Å²) in [6.07, 6.45) is -1.05. The Bertz CT molecular complexity index is 339. The van der Waals surface area contributed by atoms with Crippen LogP contribution < -0.4 is 10.6 Å². The molecule has 0 fully saturated rings. The maximum Gasteiger partial charge on any atom is 0.405 e. The summed E-state index contributed by atoms with van der Waals surface area (Å²) >= 11 is 1.35. The van der Waals surface area contributed by atoms with Gasteiger partial charge in [-0.05, 0) is 5.92 Å². The molecule has 6 nitrogen and oxygen atoms in total. The molecule has 15 heavy (non-hydrogen) atoms. The van der Waals surface area contributed by atoms with Crippen LogP contribution in [0.2, 0.25) is 0 Å². The van der Waals surface area contributed by atoms with Crippen molar-refractivity contribution in [2.45, 2.75) is 19.9 Å². The standard InChI is InChI=1S/C8H14N4O2S/c1-4(2)5(10-8(13)14)6-11-12-7(9-3)15-6/h4-5,10H,1-3H3,(H,9,12)(H,13,14). The van der Waals surface area contributed by atoms with E-state index in [1.165, 1.54) is 11.3 Å². The number of amides is 1. The van der Waals surface area contributed by atoms with Crippen molar-refractivity contribution < 1.29 is 9.90 Å². The molecule has 0 saturated carbocycles. The van der Waals surface area contributed by atoms with E-state index in [0.29, 0.717) is 10.1 Å². The first-order chi connectivity index (χ1) is 7.04. The highest BCUT2D eigenvalue weighted by Crippen LogP contribution is 2.26. The van der Waals surface area contributed by atoms with E-state index in [9.17, 15) is 4.79 Å². The van der Waals surface area contributed by atoms with E-state index in [1.54, 1.807) is 7.05 Å². The summed E-state index contributed by atoms with van der Waals surface area (Å²) in [5.41, 5.74) is 0. The molecule has 0 spiro atoms. The van der Waals surface area contributed by atoms with E-state index in [1.807, 2.05) is 13.8 Å². The quantitative estimate of drug-likeness (QED) is 0.730. The van der Waals surface area contributed by atoms with Crippen LogP contribution in [0.4, 0.5) is 9.93 Å². The summed E-state index contributed by atoms with van der Waals surface area (Å²) in [6, 6.07) is -0.304. The molecule has 1 rings (SSSR count). The Balaban J connectivity index is 2.83. The van der Waals surface area contributed by atoms with Gasteiger partial charge < -0.3 is 15.7 Å². The Labute approximate surface area is 91.7 Å². The number of carbonyl (C=O) groups is 1. The fourth-order valence-electron chi connectivity index (χ4n) is 1.11. The van der Waals surface area contributed by atoms with Crippen molar-refractivity contribution in [3.63, 3.8) is 0 Å². The molecule has 0 radical (unpaired) electrons. The van der Waals surface area contributed by atoms with Crippen LogP contribution in [0.3, 0.4) is 0 Å². The highest BCUT2D eigenvalue weighted by Gasteiger charge is 2.21. The Morgan fingerprint density at radius 1 is 1.47 bits per heavy atom. The van der Waals surface area contributed by atoms with Crippen LogP contribution in [0, 0.1) is 5.92 Å². The van der Waals surface area contributed by atoms with Crippen LogP contribution in [0.15, 0.2) is 0 Å². The molecule has 1 atom stereocenters. The van der Waals surface area contributed by atoms with Gasteiger partial charge in [0, 0.05) is 7.05 Å². The minimum Gasteiger partial charge on any atom is -0.465 e. The zero-order valence-electron chi connectivity index (χ0n) is 8.81. The zero-order valence-corrected chi connectivity index (χ0v) is 9.63. The predicted octanol–water partition coefficient (Wildman–Crippen LogP) is 1.54. The molecule has 0 aliphatic rings. The van der Waals surface area contributed by atoms with E-state index in [0.717, 1.165) is 0 Å². The second-order valence-corrected chi connectivity index (χ2v) is 4.38. The topological polar surface area (TPSA) is 87.1 Å². The molecule has 0 aromatic carbocycles. The molecular weight excluding hydrogens is 216 g/mol. The van der Waals surface area contributed by atoms with Crippen LogP contribution in [-0.2, 0) is 0 Å². The third kappa shape index (κ3) is 3.05. The Morgan fingerprint density at radius 2 is 2.13 bits per heavy atom. The van der Waals surface area contributed by atoms with E-state index >= 15 is 0 Å². The summed E-state index contributed by atoms with van der Waals surface area (Å²) in [5.74, 6) is 0.138. The Hall–Kier alpha value is -1.37. The molecule has 3 N–H and O–H groups in total.